The summed E-state index contributed by atoms with van der Waals surface area (Å²) in [6.45, 7) is -0.0135. The van der Waals surface area contributed by atoms with Gasteiger partial charge in [0.05, 0.1) is 0 Å². The number of halogens is 2. The first-order valence-electron chi connectivity index (χ1n) is 3.59. The molecule has 0 bridgehead atoms. The van der Waals surface area contributed by atoms with E-state index in [1.54, 1.807) is 6.07 Å². The van der Waals surface area contributed by atoms with Crippen LogP contribution in [0.1, 0.15) is 0 Å². The quantitative estimate of drug-likeness (QED) is 0.658. The van der Waals surface area contributed by atoms with Crippen LogP contribution >= 0.6 is 22.6 Å². The zero-order valence-corrected chi connectivity index (χ0v) is 8.64. The predicted octanol–water partition coefficient (Wildman–Crippen LogP) is 2.25. The maximum absolute atomic E-state index is 11.8. The second-order valence-corrected chi connectivity index (χ2v) is 3.52. The molecule has 0 spiro atoms. The number of nitrogens with two attached hydrogens (primary N) is 1. The summed E-state index contributed by atoms with van der Waals surface area (Å²) in [5.74, 6) is 0. The van der Waals surface area contributed by atoms with Crippen molar-refractivity contribution in [1.29, 1.82) is 0 Å². The molecule has 0 radical (unpaired) electrons. The average Bonchev–Trinajstić information content (AvgIpc) is 2.03. The summed E-state index contributed by atoms with van der Waals surface area (Å²) in [6.07, 6.45) is 0. The van der Waals surface area contributed by atoms with Gasteiger partial charge in [0.25, 0.3) is 0 Å². The Morgan fingerprint density at radius 3 is 2.83 bits per heavy atom. The smallest absolute Gasteiger partial charge is 0.107 e. The van der Waals surface area contributed by atoms with Crippen LogP contribution in [0.2, 0.25) is 0 Å². The van der Waals surface area contributed by atoms with Crippen LogP contribution in [0.3, 0.4) is 0 Å². The number of alkyl halides is 1. The van der Waals surface area contributed by atoms with E-state index in [2.05, 4.69) is 27.9 Å². The van der Waals surface area contributed by atoms with Crippen LogP contribution < -0.4 is 11.1 Å². The normalized spacial score (nSPS) is 9.83. The number of anilines is 2. The van der Waals surface area contributed by atoms with Crippen molar-refractivity contribution in [3.8, 4) is 0 Å². The molecule has 1 aromatic carbocycles. The standard InChI is InChI=1S/C8H10FIN2/c9-3-4-12-8-2-1-6(11)5-7(8)10/h1-2,5,12H,3-4,11H2. The fourth-order valence-corrected chi connectivity index (χ4v) is 1.59. The SMILES string of the molecule is Nc1ccc(NCCF)c(I)c1. The van der Waals surface area contributed by atoms with Crippen LogP contribution in [-0.4, -0.2) is 13.2 Å². The lowest BCUT2D eigenvalue weighted by Gasteiger charge is -2.06. The topological polar surface area (TPSA) is 38.0 Å². The van der Waals surface area contributed by atoms with Gasteiger partial charge in [-0.05, 0) is 40.8 Å². The van der Waals surface area contributed by atoms with Crippen LogP contribution in [-0.2, 0) is 0 Å². The molecule has 66 valence electrons. The van der Waals surface area contributed by atoms with Gasteiger partial charge >= 0.3 is 0 Å². The molecular formula is C8H10FIN2. The first kappa shape index (κ1) is 9.57. The fourth-order valence-electron chi connectivity index (χ4n) is 0.857. The molecular weight excluding hydrogens is 270 g/mol. The molecule has 0 fully saturated rings. The molecule has 0 saturated heterocycles. The van der Waals surface area contributed by atoms with Gasteiger partial charge in [0, 0.05) is 21.5 Å². The van der Waals surface area contributed by atoms with Gasteiger partial charge in [0.1, 0.15) is 6.67 Å². The fraction of sp³-hybridized carbons (Fsp3) is 0.250. The van der Waals surface area contributed by atoms with E-state index in [0.29, 0.717) is 6.54 Å². The number of nitrogen functional groups attached to an aromatic ring is 1. The lowest BCUT2D eigenvalue weighted by Crippen LogP contribution is -2.04. The molecule has 0 aliphatic rings. The summed E-state index contributed by atoms with van der Waals surface area (Å²) in [5, 5.41) is 2.95. The molecule has 0 amide bonds. The van der Waals surface area contributed by atoms with Crippen LogP contribution in [0.25, 0.3) is 0 Å². The third-order valence-electron chi connectivity index (χ3n) is 1.40. The van der Waals surface area contributed by atoms with Crippen molar-refractivity contribution >= 4 is 34.0 Å². The third kappa shape index (κ3) is 2.51. The molecule has 0 aromatic heterocycles. The first-order chi connectivity index (χ1) is 5.74. The van der Waals surface area contributed by atoms with Crippen molar-refractivity contribution in [2.75, 3.05) is 24.3 Å². The number of rotatable bonds is 3. The van der Waals surface area contributed by atoms with E-state index < -0.39 is 0 Å². The summed E-state index contributed by atoms with van der Waals surface area (Å²) < 4.78 is 12.8. The Hall–Kier alpha value is -0.520. The van der Waals surface area contributed by atoms with Gasteiger partial charge in [-0.1, -0.05) is 0 Å². The lowest BCUT2D eigenvalue weighted by molar-refractivity contribution is 0.512. The molecule has 0 atom stereocenters. The Kier molecular flexibility index (Phi) is 3.58. The van der Waals surface area contributed by atoms with Gasteiger partial charge in [-0.15, -0.1) is 0 Å². The molecule has 1 aromatic rings. The molecule has 1 rings (SSSR count). The highest BCUT2D eigenvalue weighted by molar-refractivity contribution is 14.1. The minimum atomic E-state index is -0.361. The maximum atomic E-state index is 11.8. The minimum absolute atomic E-state index is 0.347. The van der Waals surface area contributed by atoms with Crippen molar-refractivity contribution in [3.05, 3.63) is 21.8 Å². The predicted molar refractivity (Wildman–Crippen MR) is 58.0 cm³/mol. The Bertz CT molecular complexity index is 265. The molecule has 12 heavy (non-hydrogen) atoms. The lowest BCUT2D eigenvalue weighted by atomic mass is 10.3. The zero-order valence-electron chi connectivity index (χ0n) is 6.48. The summed E-state index contributed by atoms with van der Waals surface area (Å²) in [5.41, 5.74) is 7.21. The number of hydrogen-bond donors (Lipinski definition) is 2. The second-order valence-electron chi connectivity index (χ2n) is 2.36. The van der Waals surface area contributed by atoms with E-state index in [-0.39, 0.29) is 6.67 Å². The van der Waals surface area contributed by atoms with Crippen molar-refractivity contribution in [2.24, 2.45) is 0 Å². The van der Waals surface area contributed by atoms with E-state index >= 15 is 0 Å². The minimum Gasteiger partial charge on any atom is -0.399 e. The average molecular weight is 280 g/mol. The van der Waals surface area contributed by atoms with E-state index in [4.69, 9.17) is 5.73 Å². The Morgan fingerprint density at radius 2 is 2.25 bits per heavy atom. The maximum Gasteiger partial charge on any atom is 0.107 e. The molecule has 0 aliphatic heterocycles. The summed E-state index contributed by atoms with van der Waals surface area (Å²) in [7, 11) is 0. The summed E-state index contributed by atoms with van der Waals surface area (Å²) in [6, 6.07) is 5.50. The molecule has 2 nitrogen and oxygen atoms in total. The van der Waals surface area contributed by atoms with Crippen molar-refractivity contribution in [1.82, 2.24) is 0 Å². The molecule has 0 unspecified atom stereocenters. The highest BCUT2D eigenvalue weighted by atomic mass is 127. The van der Waals surface area contributed by atoms with Gasteiger partial charge in [-0.25, -0.2) is 4.39 Å². The molecule has 0 saturated carbocycles. The molecule has 0 heterocycles. The van der Waals surface area contributed by atoms with Crippen molar-refractivity contribution < 1.29 is 4.39 Å². The number of nitrogens with one attached hydrogen (secondary N) is 1. The Morgan fingerprint density at radius 1 is 1.50 bits per heavy atom. The highest BCUT2D eigenvalue weighted by Crippen LogP contribution is 2.20. The first-order valence-corrected chi connectivity index (χ1v) is 4.67. The monoisotopic (exact) mass is 280 g/mol. The van der Waals surface area contributed by atoms with Crippen molar-refractivity contribution in [2.45, 2.75) is 0 Å². The van der Waals surface area contributed by atoms with E-state index in [0.717, 1.165) is 14.9 Å². The van der Waals surface area contributed by atoms with Gasteiger partial charge in [0.2, 0.25) is 0 Å². The zero-order chi connectivity index (χ0) is 8.97. The Balaban J connectivity index is 2.72. The van der Waals surface area contributed by atoms with Gasteiger partial charge < -0.3 is 11.1 Å². The van der Waals surface area contributed by atoms with Crippen LogP contribution in [0.15, 0.2) is 18.2 Å². The van der Waals surface area contributed by atoms with Gasteiger partial charge in [-0.3, -0.25) is 0 Å². The largest absolute Gasteiger partial charge is 0.399 e. The number of hydrogen-bond acceptors (Lipinski definition) is 2. The summed E-state index contributed by atoms with van der Waals surface area (Å²) >= 11 is 2.16. The molecule has 0 aliphatic carbocycles. The van der Waals surface area contributed by atoms with Gasteiger partial charge in [-0.2, -0.15) is 0 Å². The van der Waals surface area contributed by atoms with E-state index in [1.807, 2.05) is 12.1 Å². The molecule has 3 N–H and O–H groups in total. The van der Waals surface area contributed by atoms with Crippen LogP contribution in [0.5, 0.6) is 0 Å². The summed E-state index contributed by atoms with van der Waals surface area (Å²) in [4.78, 5) is 0. The van der Waals surface area contributed by atoms with Crippen LogP contribution in [0.4, 0.5) is 15.8 Å². The van der Waals surface area contributed by atoms with E-state index in [1.165, 1.54) is 0 Å². The van der Waals surface area contributed by atoms with Crippen LogP contribution in [0, 0.1) is 3.57 Å². The third-order valence-corrected chi connectivity index (χ3v) is 2.30. The van der Waals surface area contributed by atoms with Crippen molar-refractivity contribution in [3.63, 3.8) is 0 Å². The second kappa shape index (κ2) is 4.49. The van der Waals surface area contributed by atoms with Gasteiger partial charge in [0.15, 0.2) is 0 Å². The highest BCUT2D eigenvalue weighted by Gasteiger charge is 1.97. The Labute approximate surface area is 84.5 Å². The molecule has 4 heteroatoms. The number of benzene rings is 1. The van der Waals surface area contributed by atoms with E-state index in [9.17, 15) is 4.39 Å².